The minimum Gasteiger partial charge on any atom is -0.481 e. The first kappa shape index (κ1) is 21.9. The fourth-order valence-electron chi connectivity index (χ4n) is 3.44. The number of nitrogens with zero attached hydrogens (tertiary/aromatic N) is 1. The van der Waals surface area contributed by atoms with E-state index in [0.29, 0.717) is 32.7 Å². The van der Waals surface area contributed by atoms with Gasteiger partial charge in [-0.1, -0.05) is 71.1 Å². The van der Waals surface area contributed by atoms with E-state index < -0.39 is 5.97 Å². The van der Waals surface area contributed by atoms with Crippen LogP contribution in [0, 0.1) is 5.92 Å². The quantitative estimate of drug-likeness (QED) is 0.473. The van der Waals surface area contributed by atoms with Gasteiger partial charge in [-0.25, -0.2) is 0 Å². The van der Waals surface area contributed by atoms with Gasteiger partial charge < -0.3 is 14.7 Å². The second-order valence-electron chi connectivity index (χ2n) is 7.20. The Hall–Kier alpha value is -1.10. The lowest BCUT2D eigenvalue weighted by molar-refractivity contribution is -0.146. The van der Waals surface area contributed by atoms with Crippen LogP contribution in [0.15, 0.2) is 0 Å². The Balaban J connectivity index is 2.16. The predicted octanol–water partition coefficient (Wildman–Crippen LogP) is 4.25. The monoisotopic (exact) mass is 355 g/mol. The SMILES string of the molecule is CCCCCCCCCCCCC(CC(=O)O)C(=O)N1CCOCC1. The second kappa shape index (κ2) is 14.1. The van der Waals surface area contributed by atoms with Crippen LogP contribution in [0.2, 0.25) is 0 Å². The third kappa shape index (κ3) is 10.5. The lowest BCUT2D eigenvalue weighted by atomic mass is 9.95. The molecule has 0 aromatic carbocycles. The van der Waals surface area contributed by atoms with E-state index in [1.165, 1.54) is 51.4 Å². The number of hydrogen-bond acceptors (Lipinski definition) is 3. The van der Waals surface area contributed by atoms with E-state index >= 15 is 0 Å². The molecule has 5 heteroatoms. The highest BCUT2D eigenvalue weighted by atomic mass is 16.5. The molecule has 0 aromatic heterocycles. The number of rotatable bonds is 14. The molecule has 1 saturated heterocycles. The molecule has 5 nitrogen and oxygen atoms in total. The summed E-state index contributed by atoms with van der Waals surface area (Å²) in [6, 6.07) is 0. The summed E-state index contributed by atoms with van der Waals surface area (Å²) in [6.07, 6.45) is 13.1. The number of ether oxygens (including phenoxy) is 1. The van der Waals surface area contributed by atoms with Crippen molar-refractivity contribution in [1.29, 1.82) is 0 Å². The molecule has 1 aliphatic rings. The van der Waals surface area contributed by atoms with Crippen molar-refractivity contribution in [3.8, 4) is 0 Å². The third-order valence-corrected chi connectivity index (χ3v) is 5.00. The molecule has 1 fully saturated rings. The van der Waals surface area contributed by atoms with Gasteiger partial charge in [0.25, 0.3) is 0 Å². The minimum atomic E-state index is -0.876. The van der Waals surface area contributed by atoms with Crippen molar-refractivity contribution in [2.45, 2.75) is 84.0 Å². The smallest absolute Gasteiger partial charge is 0.304 e. The Labute approximate surface area is 153 Å². The summed E-state index contributed by atoms with van der Waals surface area (Å²) in [4.78, 5) is 25.4. The molecule has 0 saturated carbocycles. The normalized spacial score (nSPS) is 16.0. The molecule has 1 unspecified atom stereocenters. The Kier molecular flexibility index (Phi) is 12.4. The van der Waals surface area contributed by atoms with Gasteiger partial charge >= 0.3 is 5.97 Å². The molecule has 0 aliphatic carbocycles. The summed E-state index contributed by atoms with van der Waals surface area (Å²) >= 11 is 0. The van der Waals surface area contributed by atoms with Crippen molar-refractivity contribution in [1.82, 2.24) is 4.90 Å². The highest BCUT2D eigenvalue weighted by molar-refractivity contribution is 5.83. The highest BCUT2D eigenvalue weighted by Gasteiger charge is 2.27. The van der Waals surface area contributed by atoms with Crippen LogP contribution in [0.5, 0.6) is 0 Å². The lowest BCUT2D eigenvalue weighted by Crippen LogP contribution is -2.44. The Morgan fingerprint density at radius 2 is 1.44 bits per heavy atom. The molecule has 1 atom stereocenters. The van der Waals surface area contributed by atoms with Gasteiger partial charge in [-0.3, -0.25) is 9.59 Å². The van der Waals surface area contributed by atoms with Crippen molar-refractivity contribution >= 4 is 11.9 Å². The molecule has 0 spiro atoms. The zero-order valence-electron chi connectivity index (χ0n) is 16.0. The zero-order valence-corrected chi connectivity index (χ0v) is 16.0. The largest absolute Gasteiger partial charge is 0.481 e. The van der Waals surface area contributed by atoms with Crippen LogP contribution in [-0.4, -0.2) is 48.2 Å². The molecule has 25 heavy (non-hydrogen) atoms. The van der Waals surface area contributed by atoms with E-state index in [1.807, 2.05) is 0 Å². The van der Waals surface area contributed by atoms with Crippen LogP contribution in [0.4, 0.5) is 0 Å². The van der Waals surface area contributed by atoms with Gasteiger partial charge in [-0.2, -0.15) is 0 Å². The molecular weight excluding hydrogens is 318 g/mol. The highest BCUT2D eigenvalue weighted by Crippen LogP contribution is 2.19. The van der Waals surface area contributed by atoms with Gasteiger partial charge in [0.1, 0.15) is 0 Å². The number of aliphatic carboxylic acids is 1. The molecule has 0 radical (unpaired) electrons. The minimum absolute atomic E-state index is 0.00150. The van der Waals surface area contributed by atoms with Crippen molar-refractivity contribution in [3.63, 3.8) is 0 Å². The van der Waals surface area contributed by atoms with E-state index in [9.17, 15) is 9.59 Å². The standard InChI is InChI=1S/C20H37NO4/c1-2-3-4-5-6-7-8-9-10-11-12-18(17-19(22)23)20(24)21-13-15-25-16-14-21/h18H,2-17H2,1H3,(H,22,23). The van der Waals surface area contributed by atoms with Crippen LogP contribution in [0.25, 0.3) is 0 Å². The van der Waals surface area contributed by atoms with Crippen LogP contribution in [0.1, 0.15) is 84.0 Å². The van der Waals surface area contributed by atoms with Crippen molar-refractivity contribution in [2.24, 2.45) is 5.92 Å². The number of carboxylic acid groups (broad SMARTS) is 1. The van der Waals surface area contributed by atoms with Gasteiger partial charge in [0.05, 0.1) is 19.6 Å². The summed E-state index contributed by atoms with van der Waals surface area (Å²) in [5.74, 6) is -1.25. The van der Waals surface area contributed by atoms with E-state index in [4.69, 9.17) is 9.84 Å². The van der Waals surface area contributed by atoms with E-state index in [2.05, 4.69) is 6.92 Å². The summed E-state index contributed by atoms with van der Waals surface area (Å²) in [5, 5.41) is 9.10. The average Bonchev–Trinajstić information content (AvgIpc) is 2.62. The molecule has 1 heterocycles. The van der Waals surface area contributed by atoms with Crippen LogP contribution >= 0.6 is 0 Å². The average molecular weight is 356 g/mol. The van der Waals surface area contributed by atoms with E-state index in [0.717, 1.165) is 12.8 Å². The Morgan fingerprint density at radius 3 is 1.96 bits per heavy atom. The number of hydrogen-bond donors (Lipinski definition) is 1. The van der Waals surface area contributed by atoms with E-state index in [-0.39, 0.29) is 18.2 Å². The number of morpholine rings is 1. The number of carbonyl (C=O) groups excluding carboxylic acids is 1. The predicted molar refractivity (Wildman–Crippen MR) is 99.6 cm³/mol. The number of amides is 1. The molecule has 1 N–H and O–H groups in total. The first-order valence-electron chi connectivity index (χ1n) is 10.2. The van der Waals surface area contributed by atoms with Crippen LogP contribution in [-0.2, 0) is 14.3 Å². The number of carbonyl (C=O) groups is 2. The van der Waals surface area contributed by atoms with Gasteiger partial charge in [0, 0.05) is 19.0 Å². The lowest BCUT2D eigenvalue weighted by Gasteiger charge is -2.30. The Bertz CT molecular complexity index is 367. The maximum absolute atomic E-state index is 12.5. The van der Waals surface area contributed by atoms with E-state index in [1.54, 1.807) is 4.90 Å². The zero-order chi connectivity index (χ0) is 18.3. The maximum Gasteiger partial charge on any atom is 0.304 e. The summed E-state index contributed by atoms with van der Waals surface area (Å²) in [7, 11) is 0. The van der Waals surface area contributed by atoms with Crippen molar-refractivity contribution in [2.75, 3.05) is 26.3 Å². The second-order valence-corrected chi connectivity index (χ2v) is 7.20. The van der Waals surface area contributed by atoms with Gasteiger partial charge in [-0.15, -0.1) is 0 Å². The number of unbranched alkanes of at least 4 members (excludes halogenated alkanes) is 9. The summed E-state index contributed by atoms with van der Waals surface area (Å²) in [6.45, 7) is 4.54. The van der Waals surface area contributed by atoms with Crippen molar-refractivity contribution in [3.05, 3.63) is 0 Å². The fraction of sp³-hybridized carbons (Fsp3) is 0.900. The van der Waals surface area contributed by atoms with Gasteiger partial charge in [0.15, 0.2) is 0 Å². The first-order chi connectivity index (χ1) is 12.1. The molecule has 1 rings (SSSR count). The molecule has 1 amide bonds. The van der Waals surface area contributed by atoms with Crippen LogP contribution < -0.4 is 0 Å². The molecule has 0 bridgehead atoms. The first-order valence-corrected chi connectivity index (χ1v) is 10.2. The fourth-order valence-corrected chi connectivity index (χ4v) is 3.44. The molecule has 1 aliphatic heterocycles. The molecule has 0 aromatic rings. The van der Waals surface area contributed by atoms with Crippen molar-refractivity contribution < 1.29 is 19.4 Å². The molecule has 146 valence electrons. The third-order valence-electron chi connectivity index (χ3n) is 5.00. The topological polar surface area (TPSA) is 66.8 Å². The Morgan fingerprint density at radius 1 is 0.920 bits per heavy atom. The summed E-state index contributed by atoms with van der Waals surface area (Å²) < 4.78 is 5.27. The van der Waals surface area contributed by atoms with Gasteiger partial charge in [0.2, 0.25) is 5.91 Å². The summed E-state index contributed by atoms with van der Waals surface area (Å²) in [5.41, 5.74) is 0. The van der Waals surface area contributed by atoms with Gasteiger partial charge in [-0.05, 0) is 6.42 Å². The number of carboxylic acids is 1. The molecular formula is C20H37NO4. The maximum atomic E-state index is 12.5. The van der Waals surface area contributed by atoms with Crippen LogP contribution in [0.3, 0.4) is 0 Å².